The van der Waals surface area contributed by atoms with Gasteiger partial charge >= 0.3 is 0 Å². The molecule has 0 radical (unpaired) electrons. The van der Waals surface area contributed by atoms with Crippen LogP contribution in [0.4, 0.5) is 0 Å². The minimum absolute atomic E-state index is 0.363. The van der Waals surface area contributed by atoms with Gasteiger partial charge in [0.05, 0.1) is 0 Å². The lowest BCUT2D eigenvalue weighted by molar-refractivity contribution is 0.202. The van der Waals surface area contributed by atoms with Gasteiger partial charge in [-0.15, -0.1) is 0 Å². The Labute approximate surface area is 115 Å². The van der Waals surface area contributed by atoms with Gasteiger partial charge in [0, 0.05) is 18.6 Å². The van der Waals surface area contributed by atoms with Crippen LogP contribution in [0.25, 0.3) is 10.8 Å². The van der Waals surface area contributed by atoms with Crippen LogP contribution in [0.5, 0.6) is 0 Å². The third-order valence-corrected chi connectivity index (χ3v) is 4.16. The van der Waals surface area contributed by atoms with Crippen LogP contribution in [0.3, 0.4) is 0 Å². The predicted molar refractivity (Wildman–Crippen MR) is 81.1 cm³/mol. The minimum Gasteiger partial charge on any atom is -0.329 e. The van der Waals surface area contributed by atoms with Crippen LogP contribution in [0.1, 0.15) is 31.4 Å². The lowest BCUT2D eigenvalue weighted by atomic mass is 10.0. The highest BCUT2D eigenvalue weighted by Gasteiger charge is 2.32. The fraction of sp³-hybridized carbons (Fsp3) is 0.412. The van der Waals surface area contributed by atoms with E-state index in [4.69, 9.17) is 5.73 Å². The maximum Gasteiger partial charge on any atom is 0.0473 e. The Balaban J connectivity index is 1.95. The molecule has 1 atom stereocenters. The molecule has 0 saturated heterocycles. The summed E-state index contributed by atoms with van der Waals surface area (Å²) < 4.78 is 0. The molecule has 0 spiro atoms. The standard InChI is InChI=1S/C17H22N2/c1-2-19(16-9-10-16)17(12-18)15-8-7-13-5-3-4-6-14(13)11-15/h3-8,11,16-17H,2,9-10,12,18H2,1H3. The highest BCUT2D eigenvalue weighted by molar-refractivity contribution is 5.83. The van der Waals surface area contributed by atoms with Gasteiger partial charge in [-0.1, -0.05) is 43.3 Å². The van der Waals surface area contributed by atoms with E-state index < -0.39 is 0 Å². The van der Waals surface area contributed by atoms with E-state index in [9.17, 15) is 0 Å². The summed E-state index contributed by atoms with van der Waals surface area (Å²) in [6, 6.07) is 16.4. The van der Waals surface area contributed by atoms with Crippen LogP contribution in [0.15, 0.2) is 42.5 Å². The Morgan fingerprint density at radius 3 is 2.53 bits per heavy atom. The summed E-state index contributed by atoms with van der Waals surface area (Å²) >= 11 is 0. The molecule has 1 aliphatic rings. The molecule has 1 unspecified atom stereocenters. The fourth-order valence-electron chi connectivity index (χ4n) is 3.02. The van der Waals surface area contributed by atoms with Gasteiger partial charge in [-0.25, -0.2) is 0 Å². The molecular weight excluding hydrogens is 232 g/mol. The third kappa shape index (κ3) is 2.51. The number of likely N-dealkylation sites (N-methyl/N-ethyl adjacent to an activating group) is 1. The summed E-state index contributed by atoms with van der Waals surface area (Å²) in [6.07, 6.45) is 2.66. The van der Waals surface area contributed by atoms with E-state index in [1.165, 1.54) is 29.2 Å². The Morgan fingerprint density at radius 1 is 1.16 bits per heavy atom. The zero-order valence-corrected chi connectivity index (χ0v) is 11.5. The summed E-state index contributed by atoms with van der Waals surface area (Å²) in [5.41, 5.74) is 7.41. The highest BCUT2D eigenvalue weighted by Crippen LogP contribution is 2.34. The SMILES string of the molecule is CCN(C1CC1)C(CN)c1ccc2ccccc2c1. The van der Waals surface area contributed by atoms with E-state index in [1.54, 1.807) is 0 Å². The second kappa shape index (κ2) is 5.32. The zero-order chi connectivity index (χ0) is 13.2. The largest absolute Gasteiger partial charge is 0.329 e. The highest BCUT2D eigenvalue weighted by atomic mass is 15.2. The van der Waals surface area contributed by atoms with E-state index >= 15 is 0 Å². The molecule has 0 aliphatic heterocycles. The molecule has 2 aromatic rings. The number of benzene rings is 2. The first-order valence-corrected chi connectivity index (χ1v) is 7.28. The number of rotatable bonds is 5. The smallest absolute Gasteiger partial charge is 0.0473 e. The molecule has 2 aromatic carbocycles. The zero-order valence-electron chi connectivity index (χ0n) is 11.5. The Bertz CT molecular complexity index is 560. The number of hydrogen-bond acceptors (Lipinski definition) is 2. The van der Waals surface area contributed by atoms with Gasteiger partial charge in [-0.05, 0) is 41.8 Å². The average Bonchev–Trinajstić information content (AvgIpc) is 3.28. The van der Waals surface area contributed by atoms with E-state index in [1.807, 2.05) is 0 Å². The van der Waals surface area contributed by atoms with Crippen molar-refractivity contribution >= 4 is 10.8 Å². The van der Waals surface area contributed by atoms with Crippen LogP contribution in [-0.2, 0) is 0 Å². The van der Waals surface area contributed by atoms with Crippen LogP contribution in [0, 0.1) is 0 Å². The number of nitrogens with two attached hydrogens (primary N) is 1. The molecule has 100 valence electrons. The molecule has 1 aliphatic carbocycles. The van der Waals surface area contributed by atoms with E-state index in [0.717, 1.165) is 12.6 Å². The van der Waals surface area contributed by atoms with Crippen molar-refractivity contribution in [3.05, 3.63) is 48.0 Å². The number of fused-ring (bicyclic) bond motifs is 1. The van der Waals surface area contributed by atoms with Gasteiger partial charge in [0.15, 0.2) is 0 Å². The van der Waals surface area contributed by atoms with Crippen LogP contribution < -0.4 is 5.73 Å². The molecule has 2 nitrogen and oxygen atoms in total. The van der Waals surface area contributed by atoms with Crippen molar-refractivity contribution in [3.8, 4) is 0 Å². The van der Waals surface area contributed by atoms with Crippen molar-refractivity contribution in [1.82, 2.24) is 4.90 Å². The maximum atomic E-state index is 6.05. The van der Waals surface area contributed by atoms with Crippen molar-refractivity contribution in [2.24, 2.45) is 5.73 Å². The van der Waals surface area contributed by atoms with E-state index in [-0.39, 0.29) is 0 Å². The van der Waals surface area contributed by atoms with Crippen molar-refractivity contribution in [2.45, 2.75) is 31.8 Å². The fourth-order valence-corrected chi connectivity index (χ4v) is 3.02. The third-order valence-electron chi connectivity index (χ3n) is 4.16. The summed E-state index contributed by atoms with van der Waals surface area (Å²) in [7, 11) is 0. The monoisotopic (exact) mass is 254 g/mol. The normalized spacial score (nSPS) is 17.0. The second-order valence-electron chi connectivity index (χ2n) is 5.42. The first kappa shape index (κ1) is 12.6. The molecule has 0 bridgehead atoms. The summed E-state index contributed by atoms with van der Waals surface area (Å²) in [5, 5.41) is 2.61. The van der Waals surface area contributed by atoms with Gasteiger partial charge in [-0.2, -0.15) is 0 Å². The molecule has 1 fully saturated rings. The predicted octanol–water partition coefficient (Wildman–Crippen LogP) is 3.32. The molecule has 2 heteroatoms. The summed E-state index contributed by atoms with van der Waals surface area (Å²) in [4.78, 5) is 2.56. The topological polar surface area (TPSA) is 29.3 Å². The first-order chi connectivity index (χ1) is 9.33. The van der Waals surface area contributed by atoms with Crippen molar-refractivity contribution in [3.63, 3.8) is 0 Å². The second-order valence-corrected chi connectivity index (χ2v) is 5.42. The Kier molecular flexibility index (Phi) is 3.54. The molecule has 0 aromatic heterocycles. The molecule has 1 saturated carbocycles. The minimum atomic E-state index is 0.363. The Morgan fingerprint density at radius 2 is 1.89 bits per heavy atom. The lowest BCUT2D eigenvalue weighted by Crippen LogP contribution is -2.35. The van der Waals surface area contributed by atoms with Crippen molar-refractivity contribution in [2.75, 3.05) is 13.1 Å². The Hall–Kier alpha value is -1.38. The van der Waals surface area contributed by atoms with Gasteiger partial charge in [0.1, 0.15) is 0 Å². The van der Waals surface area contributed by atoms with Crippen LogP contribution in [-0.4, -0.2) is 24.0 Å². The van der Waals surface area contributed by atoms with Gasteiger partial charge in [0.25, 0.3) is 0 Å². The van der Waals surface area contributed by atoms with Gasteiger partial charge in [-0.3, -0.25) is 4.90 Å². The van der Waals surface area contributed by atoms with Crippen molar-refractivity contribution < 1.29 is 0 Å². The quantitative estimate of drug-likeness (QED) is 0.887. The number of nitrogens with zero attached hydrogens (tertiary/aromatic N) is 1. The van der Waals surface area contributed by atoms with Gasteiger partial charge in [0.2, 0.25) is 0 Å². The number of hydrogen-bond donors (Lipinski definition) is 1. The van der Waals surface area contributed by atoms with Crippen LogP contribution in [0.2, 0.25) is 0 Å². The average molecular weight is 254 g/mol. The summed E-state index contributed by atoms with van der Waals surface area (Å²) in [6.45, 7) is 4.02. The lowest BCUT2D eigenvalue weighted by Gasteiger charge is -2.30. The van der Waals surface area contributed by atoms with Crippen LogP contribution >= 0.6 is 0 Å². The molecule has 3 rings (SSSR count). The molecule has 0 amide bonds. The van der Waals surface area contributed by atoms with E-state index in [2.05, 4.69) is 54.3 Å². The summed E-state index contributed by atoms with van der Waals surface area (Å²) in [5.74, 6) is 0. The molecule has 19 heavy (non-hydrogen) atoms. The molecule has 0 heterocycles. The molecule has 2 N–H and O–H groups in total. The maximum absolute atomic E-state index is 6.05. The van der Waals surface area contributed by atoms with Crippen molar-refractivity contribution in [1.29, 1.82) is 0 Å². The molecular formula is C17H22N2. The van der Waals surface area contributed by atoms with E-state index in [0.29, 0.717) is 12.6 Å². The first-order valence-electron chi connectivity index (χ1n) is 7.28. The van der Waals surface area contributed by atoms with Gasteiger partial charge < -0.3 is 5.73 Å².